The summed E-state index contributed by atoms with van der Waals surface area (Å²) in [6.07, 6.45) is 4.05. The molecule has 1 aliphatic heterocycles. The molecule has 2 amide bonds. The van der Waals surface area contributed by atoms with Crippen molar-refractivity contribution >= 4 is 28.3 Å². The quantitative estimate of drug-likeness (QED) is 0.766. The van der Waals surface area contributed by atoms with Gasteiger partial charge in [-0.1, -0.05) is 13.8 Å². The van der Waals surface area contributed by atoms with E-state index in [2.05, 4.69) is 16.3 Å². The summed E-state index contributed by atoms with van der Waals surface area (Å²) in [5, 5.41) is 13.1. The summed E-state index contributed by atoms with van der Waals surface area (Å²) in [6, 6.07) is 2.26. The van der Waals surface area contributed by atoms with E-state index < -0.39 is 0 Å². The number of hydrogen-bond acceptors (Lipinski definition) is 6. The summed E-state index contributed by atoms with van der Waals surface area (Å²) in [5.41, 5.74) is 1.78. The minimum Gasteiger partial charge on any atom is -0.449 e. The Morgan fingerprint density at radius 3 is 2.79 bits per heavy atom. The van der Waals surface area contributed by atoms with E-state index in [-0.39, 0.29) is 12.0 Å². The van der Waals surface area contributed by atoms with Crippen molar-refractivity contribution in [2.24, 2.45) is 5.92 Å². The number of carbonyl (C=O) groups is 2. The van der Waals surface area contributed by atoms with Gasteiger partial charge >= 0.3 is 6.09 Å². The van der Waals surface area contributed by atoms with Crippen LogP contribution in [0.15, 0.2) is 0 Å². The number of nitriles is 1. The normalized spacial score (nSPS) is 17.0. The van der Waals surface area contributed by atoms with Crippen molar-refractivity contribution in [1.82, 2.24) is 9.80 Å². The van der Waals surface area contributed by atoms with Gasteiger partial charge in [-0.25, -0.2) is 4.79 Å². The van der Waals surface area contributed by atoms with Gasteiger partial charge < -0.3 is 19.9 Å². The van der Waals surface area contributed by atoms with E-state index >= 15 is 0 Å². The minimum atomic E-state index is -0.243. The average Bonchev–Trinajstić information content (AvgIpc) is 3.16. The molecule has 1 N–H and O–H groups in total. The fourth-order valence-corrected chi connectivity index (χ4v) is 5.02. The predicted octanol–water partition coefficient (Wildman–Crippen LogP) is 3.24. The highest BCUT2D eigenvalue weighted by molar-refractivity contribution is 7.16. The number of amides is 2. The summed E-state index contributed by atoms with van der Waals surface area (Å²) in [7, 11) is 0. The molecule has 0 saturated carbocycles. The lowest BCUT2D eigenvalue weighted by molar-refractivity contribution is -0.116. The molecule has 2 aliphatic rings. The monoisotopic (exact) mass is 418 g/mol. The first-order chi connectivity index (χ1) is 14.0. The van der Waals surface area contributed by atoms with Gasteiger partial charge in [-0.05, 0) is 43.7 Å². The average molecular weight is 419 g/mol. The Morgan fingerprint density at radius 1 is 1.21 bits per heavy atom. The van der Waals surface area contributed by atoms with Gasteiger partial charge in [-0.15, -0.1) is 11.3 Å². The van der Waals surface area contributed by atoms with Crippen molar-refractivity contribution in [2.45, 2.75) is 46.0 Å². The van der Waals surface area contributed by atoms with E-state index in [1.165, 1.54) is 4.88 Å². The molecule has 29 heavy (non-hydrogen) atoms. The highest BCUT2D eigenvalue weighted by atomic mass is 32.1. The van der Waals surface area contributed by atoms with Gasteiger partial charge in [0, 0.05) is 37.5 Å². The van der Waals surface area contributed by atoms with Crippen molar-refractivity contribution < 1.29 is 14.3 Å². The number of nitrogens with zero attached hydrogens (tertiary/aromatic N) is 3. The van der Waals surface area contributed by atoms with Crippen LogP contribution in [0.25, 0.3) is 0 Å². The fourth-order valence-electron chi connectivity index (χ4n) is 3.77. The maximum Gasteiger partial charge on any atom is 0.409 e. The first-order valence-corrected chi connectivity index (χ1v) is 11.3. The van der Waals surface area contributed by atoms with Crippen LogP contribution >= 0.6 is 11.3 Å². The Kier molecular flexibility index (Phi) is 7.51. The molecule has 0 bridgehead atoms. The van der Waals surface area contributed by atoms with Crippen molar-refractivity contribution in [3.05, 3.63) is 16.0 Å². The molecular weight excluding hydrogens is 388 g/mol. The Balaban J connectivity index is 1.44. The lowest BCUT2D eigenvalue weighted by atomic mass is 10.1. The third-order valence-corrected chi connectivity index (χ3v) is 6.54. The largest absolute Gasteiger partial charge is 0.449 e. The Labute approximate surface area is 176 Å². The standard InChI is InChI=1S/C21H30N4O3S/c1-15(2)14-28-21(27)25-9-4-8-24(11-12-25)10-7-19(26)23-20-17(13-22)16-5-3-6-18(16)29-20/h15H,3-12,14H2,1-2H3,(H,23,26). The van der Waals surface area contributed by atoms with Gasteiger partial charge in [0.05, 0.1) is 12.2 Å². The predicted molar refractivity (Wildman–Crippen MR) is 113 cm³/mol. The molecule has 7 nitrogen and oxygen atoms in total. The van der Waals surface area contributed by atoms with Gasteiger partial charge in [0.2, 0.25) is 5.91 Å². The lowest BCUT2D eigenvalue weighted by Gasteiger charge is -2.22. The number of nitrogens with one attached hydrogen (secondary N) is 1. The number of hydrogen-bond donors (Lipinski definition) is 1. The van der Waals surface area contributed by atoms with Crippen LogP contribution in [0.5, 0.6) is 0 Å². The van der Waals surface area contributed by atoms with Gasteiger partial charge in [-0.3, -0.25) is 4.79 Å². The van der Waals surface area contributed by atoms with Crippen molar-refractivity contribution in [3.8, 4) is 6.07 Å². The van der Waals surface area contributed by atoms with Gasteiger partial charge in [0.15, 0.2) is 0 Å². The molecule has 0 atom stereocenters. The van der Waals surface area contributed by atoms with Crippen molar-refractivity contribution in [2.75, 3.05) is 44.6 Å². The third kappa shape index (κ3) is 5.71. The zero-order valence-electron chi connectivity index (χ0n) is 17.3. The number of aryl methyl sites for hydroxylation is 1. The fraction of sp³-hybridized carbons (Fsp3) is 0.667. The minimum absolute atomic E-state index is 0.0566. The zero-order chi connectivity index (χ0) is 20.8. The number of carbonyl (C=O) groups excluding carboxylic acids is 2. The molecule has 2 heterocycles. The molecular formula is C21H30N4O3S. The van der Waals surface area contributed by atoms with Crippen molar-refractivity contribution in [3.63, 3.8) is 0 Å². The van der Waals surface area contributed by atoms with E-state index in [0.717, 1.165) is 44.3 Å². The number of anilines is 1. The SMILES string of the molecule is CC(C)COC(=O)N1CCCN(CCC(=O)Nc2sc3c(c2C#N)CCC3)CC1. The summed E-state index contributed by atoms with van der Waals surface area (Å²) < 4.78 is 5.32. The van der Waals surface area contributed by atoms with Crippen LogP contribution in [-0.2, 0) is 22.4 Å². The summed E-state index contributed by atoms with van der Waals surface area (Å²) in [5.74, 6) is 0.269. The number of fused-ring (bicyclic) bond motifs is 1. The Hall–Kier alpha value is -2.11. The molecule has 0 radical (unpaired) electrons. The molecule has 0 aromatic carbocycles. The molecule has 1 aliphatic carbocycles. The van der Waals surface area contributed by atoms with Gasteiger partial charge in [-0.2, -0.15) is 5.26 Å². The van der Waals surface area contributed by atoms with Crippen LogP contribution < -0.4 is 5.32 Å². The first-order valence-electron chi connectivity index (χ1n) is 10.5. The second kappa shape index (κ2) is 10.1. The van der Waals surface area contributed by atoms with Crippen LogP contribution in [0, 0.1) is 17.2 Å². The molecule has 0 spiro atoms. The second-order valence-corrected chi connectivity index (χ2v) is 9.23. The topological polar surface area (TPSA) is 85.7 Å². The molecule has 8 heteroatoms. The summed E-state index contributed by atoms with van der Waals surface area (Å²) >= 11 is 1.55. The summed E-state index contributed by atoms with van der Waals surface area (Å²) in [6.45, 7) is 8.03. The number of ether oxygens (including phenoxy) is 1. The van der Waals surface area contributed by atoms with E-state index in [1.54, 1.807) is 16.2 Å². The molecule has 3 rings (SSSR count). The molecule has 1 fully saturated rings. The maximum atomic E-state index is 12.4. The summed E-state index contributed by atoms with van der Waals surface area (Å²) in [4.78, 5) is 29.8. The third-order valence-electron chi connectivity index (χ3n) is 5.33. The number of thiophene rings is 1. The number of rotatable bonds is 6. The second-order valence-electron chi connectivity index (χ2n) is 8.12. The maximum absolute atomic E-state index is 12.4. The Morgan fingerprint density at radius 2 is 2.03 bits per heavy atom. The zero-order valence-corrected chi connectivity index (χ0v) is 18.1. The highest BCUT2D eigenvalue weighted by Crippen LogP contribution is 2.38. The van der Waals surface area contributed by atoms with Crippen LogP contribution in [0.3, 0.4) is 0 Å². The van der Waals surface area contributed by atoms with Gasteiger partial charge in [0.1, 0.15) is 11.1 Å². The van der Waals surface area contributed by atoms with Gasteiger partial charge in [0.25, 0.3) is 0 Å². The van der Waals surface area contributed by atoms with E-state index in [4.69, 9.17) is 4.74 Å². The van der Waals surface area contributed by atoms with Crippen LogP contribution in [0.2, 0.25) is 0 Å². The molecule has 1 aromatic heterocycles. The Bertz CT molecular complexity index is 784. The van der Waals surface area contributed by atoms with Crippen LogP contribution in [0.1, 0.15) is 49.1 Å². The first kappa shape index (κ1) is 21.6. The molecule has 1 saturated heterocycles. The molecule has 1 aromatic rings. The lowest BCUT2D eigenvalue weighted by Crippen LogP contribution is -2.36. The highest BCUT2D eigenvalue weighted by Gasteiger charge is 2.24. The van der Waals surface area contributed by atoms with E-state index in [9.17, 15) is 14.9 Å². The van der Waals surface area contributed by atoms with Crippen LogP contribution in [0.4, 0.5) is 9.80 Å². The van der Waals surface area contributed by atoms with Crippen molar-refractivity contribution in [1.29, 1.82) is 5.26 Å². The van der Waals surface area contributed by atoms with E-state index in [1.807, 2.05) is 13.8 Å². The molecule has 0 unspecified atom stereocenters. The smallest absolute Gasteiger partial charge is 0.409 e. The van der Waals surface area contributed by atoms with Crippen LogP contribution in [-0.4, -0.2) is 61.1 Å². The van der Waals surface area contributed by atoms with E-state index in [0.29, 0.717) is 49.1 Å². The molecule has 158 valence electrons.